The van der Waals surface area contributed by atoms with E-state index < -0.39 is 40.6 Å². The zero-order valence-corrected chi connectivity index (χ0v) is 20.1. The number of ether oxygens (including phenoxy) is 2. The number of nitrogens with zero attached hydrogens (tertiary/aromatic N) is 2. The summed E-state index contributed by atoms with van der Waals surface area (Å²) in [6.45, 7) is 8.85. The summed E-state index contributed by atoms with van der Waals surface area (Å²) in [6.07, 6.45) is 10.4. The third-order valence-corrected chi connectivity index (χ3v) is 7.43. The van der Waals surface area contributed by atoms with Gasteiger partial charge in [0.25, 0.3) is 0 Å². The molecule has 1 spiro atoms. The number of hydrogen-bond acceptors (Lipinski definition) is 6. The predicted molar refractivity (Wildman–Crippen MR) is 121 cm³/mol. The molecule has 8 nitrogen and oxygen atoms in total. The van der Waals surface area contributed by atoms with Gasteiger partial charge in [0.2, 0.25) is 11.8 Å². The molecule has 0 aromatic rings. The molecular formula is C25H36N2O6. The van der Waals surface area contributed by atoms with Gasteiger partial charge in [-0.3, -0.25) is 14.4 Å². The summed E-state index contributed by atoms with van der Waals surface area (Å²) in [5, 5.41) is 9.05. The minimum Gasteiger partial charge on any atom is -0.461 e. The van der Waals surface area contributed by atoms with Crippen LogP contribution in [0.3, 0.4) is 0 Å². The summed E-state index contributed by atoms with van der Waals surface area (Å²) >= 11 is 0. The van der Waals surface area contributed by atoms with E-state index in [0.717, 1.165) is 12.8 Å². The van der Waals surface area contributed by atoms with Crippen molar-refractivity contribution in [2.45, 2.75) is 76.2 Å². The van der Waals surface area contributed by atoms with Crippen molar-refractivity contribution in [2.75, 3.05) is 26.3 Å². The fourth-order valence-electron chi connectivity index (χ4n) is 5.95. The molecular weight excluding hydrogens is 424 g/mol. The number of esters is 1. The zero-order valence-electron chi connectivity index (χ0n) is 20.1. The number of fused-ring (bicyclic) bond motifs is 2. The number of cyclic esters (lactones) is 1. The second kappa shape index (κ2) is 8.55. The van der Waals surface area contributed by atoms with E-state index in [1.165, 1.54) is 0 Å². The van der Waals surface area contributed by atoms with E-state index >= 15 is 0 Å². The minimum absolute atomic E-state index is 0.143. The van der Waals surface area contributed by atoms with E-state index in [-0.39, 0.29) is 25.0 Å². The normalized spacial score (nSPS) is 35.8. The summed E-state index contributed by atoms with van der Waals surface area (Å²) in [6, 6.07) is -0.837. The minimum atomic E-state index is -1.22. The maximum absolute atomic E-state index is 14.0. The number of carbonyl (C=O) groups is 3. The van der Waals surface area contributed by atoms with Gasteiger partial charge in [-0.15, -0.1) is 0 Å². The lowest BCUT2D eigenvalue weighted by Gasteiger charge is -2.41. The van der Waals surface area contributed by atoms with Crippen LogP contribution >= 0.6 is 0 Å². The first kappa shape index (κ1) is 24.0. The summed E-state index contributed by atoms with van der Waals surface area (Å²) < 4.78 is 12.0. The van der Waals surface area contributed by atoms with Crippen molar-refractivity contribution >= 4 is 17.8 Å². The standard InChI is InChI=1S/C25H36N2O6/c1-23(2,3)27-14-9-12-25-17(18-22(31)32-16-10-11-24(18,4)33-25)20(29)26(19(25)21(27)30)13-7-5-6-8-15-28/h9-12,17-19,28H,5-8,13-16H2,1-4H3/t17-,18+,19?,24-,25-/m0/s1. The second-order valence-corrected chi connectivity index (χ2v) is 10.7. The molecule has 0 aromatic heterocycles. The number of hydrogen-bond donors (Lipinski definition) is 1. The van der Waals surface area contributed by atoms with E-state index in [4.69, 9.17) is 14.6 Å². The van der Waals surface area contributed by atoms with Crippen LogP contribution < -0.4 is 0 Å². The lowest BCUT2D eigenvalue weighted by atomic mass is 9.74. The van der Waals surface area contributed by atoms with E-state index in [2.05, 4.69) is 0 Å². The highest BCUT2D eigenvalue weighted by molar-refractivity contribution is 5.99. The third-order valence-electron chi connectivity index (χ3n) is 7.43. The van der Waals surface area contributed by atoms with Gasteiger partial charge >= 0.3 is 5.97 Å². The number of likely N-dealkylation sites (tertiary alicyclic amines) is 1. The SMILES string of the molecule is CC(C)(C)N1CC=C[C@]23O[C@@]4(C)C=CCOC(=O)[C@H]4[C@H]2C(=O)N(CCCCCCO)C3C1=O. The summed E-state index contributed by atoms with van der Waals surface area (Å²) in [5.41, 5.74) is -2.69. The highest BCUT2D eigenvalue weighted by atomic mass is 16.6. The Hall–Kier alpha value is -2.19. The summed E-state index contributed by atoms with van der Waals surface area (Å²) in [5.74, 6) is -2.48. The smallest absolute Gasteiger partial charge is 0.313 e. The van der Waals surface area contributed by atoms with E-state index in [0.29, 0.717) is 25.9 Å². The summed E-state index contributed by atoms with van der Waals surface area (Å²) in [4.78, 5) is 44.4. The molecule has 4 aliphatic rings. The van der Waals surface area contributed by atoms with Crippen LogP contribution in [0.25, 0.3) is 0 Å². The first-order chi connectivity index (χ1) is 15.6. The van der Waals surface area contributed by atoms with Crippen molar-refractivity contribution in [1.82, 2.24) is 9.80 Å². The van der Waals surface area contributed by atoms with E-state index in [9.17, 15) is 14.4 Å². The van der Waals surface area contributed by atoms with Crippen LogP contribution in [0.2, 0.25) is 0 Å². The molecule has 0 saturated carbocycles. The van der Waals surface area contributed by atoms with Crippen LogP contribution in [0.15, 0.2) is 24.3 Å². The largest absolute Gasteiger partial charge is 0.461 e. The van der Waals surface area contributed by atoms with Crippen LogP contribution in [0.5, 0.6) is 0 Å². The van der Waals surface area contributed by atoms with Crippen LogP contribution in [0.4, 0.5) is 0 Å². The predicted octanol–water partition coefficient (Wildman–Crippen LogP) is 1.82. The Morgan fingerprint density at radius 3 is 2.45 bits per heavy atom. The topological polar surface area (TPSA) is 96.4 Å². The summed E-state index contributed by atoms with van der Waals surface area (Å²) in [7, 11) is 0. The fourth-order valence-corrected chi connectivity index (χ4v) is 5.95. The Morgan fingerprint density at radius 1 is 1.03 bits per heavy atom. The average molecular weight is 461 g/mol. The molecule has 0 bridgehead atoms. The molecule has 4 rings (SSSR count). The molecule has 8 heteroatoms. The second-order valence-electron chi connectivity index (χ2n) is 10.7. The molecule has 2 fully saturated rings. The van der Waals surface area contributed by atoms with Gasteiger partial charge in [-0.25, -0.2) is 0 Å². The van der Waals surface area contributed by atoms with Crippen LogP contribution in [-0.2, 0) is 23.9 Å². The zero-order chi connectivity index (χ0) is 24.0. The van der Waals surface area contributed by atoms with Gasteiger partial charge in [-0.2, -0.15) is 0 Å². The van der Waals surface area contributed by atoms with Crippen LogP contribution in [0.1, 0.15) is 53.4 Å². The molecule has 2 saturated heterocycles. The van der Waals surface area contributed by atoms with Gasteiger partial charge in [0.15, 0.2) is 0 Å². The number of aliphatic hydroxyl groups excluding tert-OH is 1. The molecule has 0 aromatic carbocycles. The molecule has 5 atom stereocenters. The van der Waals surface area contributed by atoms with E-state index in [1.807, 2.05) is 45.9 Å². The van der Waals surface area contributed by atoms with Gasteiger partial charge in [0.1, 0.15) is 24.2 Å². The Bertz CT molecular complexity index is 877. The Kier molecular flexibility index (Phi) is 6.20. The average Bonchev–Trinajstić information content (AvgIpc) is 2.97. The van der Waals surface area contributed by atoms with Gasteiger partial charge in [0, 0.05) is 25.2 Å². The Labute approximate surface area is 195 Å². The highest BCUT2D eigenvalue weighted by Crippen LogP contribution is 2.57. The maximum Gasteiger partial charge on any atom is 0.313 e. The van der Waals surface area contributed by atoms with Crippen molar-refractivity contribution in [2.24, 2.45) is 11.8 Å². The van der Waals surface area contributed by atoms with Crippen molar-refractivity contribution in [3.63, 3.8) is 0 Å². The third kappa shape index (κ3) is 3.81. The number of aliphatic hydroxyl groups is 1. The van der Waals surface area contributed by atoms with Gasteiger partial charge < -0.3 is 24.4 Å². The quantitative estimate of drug-likeness (QED) is 0.369. The molecule has 2 amide bonds. The van der Waals surface area contributed by atoms with Gasteiger partial charge in [-0.1, -0.05) is 31.1 Å². The molecule has 1 unspecified atom stereocenters. The van der Waals surface area contributed by atoms with Crippen molar-refractivity contribution < 1.29 is 29.0 Å². The monoisotopic (exact) mass is 460 g/mol. The number of amides is 2. The fraction of sp³-hybridized carbons (Fsp3) is 0.720. The molecule has 0 aliphatic carbocycles. The lowest BCUT2D eigenvalue weighted by molar-refractivity contribution is -0.158. The maximum atomic E-state index is 14.0. The molecule has 1 N–H and O–H groups in total. The van der Waals surface area contributed by atoms with Gasteiger partial charge in [0.05, 0.1) is 11.5 Å². The van der Waals surface area contributed by atoms with E-state index in [1.54, 1.807) is 15.9 Å². The Morgan fingerprint density at radius 2 is 1.76 bits per heavy atom. The molecule has 0 radical (unpaired) electrons. The molecule has 33 heavy (non-hydrogen) atoms. The lowest BCUT2D eigenvalue weighted by Crippen LogP contribution is -2.59. The number of unbranched alkanes of at least 4 members (excludes halogenated alkanes) is 3. The van der Waals surface area contributed by atoms with Gasteiger partial charge in [-0.05, 0) is 46.6 Å². The van der Waals surface area contributed by atoms with Crippen LogP contribution in [-0.4, -0.2) is 81.8 Å². The van der Waals surface area contributed by atoms with Crippen molar-refractivity contribution in [1.29, 1.82) is 0 Å². The van der Waals surface area contributed by atoms with Crippen LogP contribution in [0, 0.1) is 11.8 Å². The van der Waals surface area contributed by atoms with Crippen molar-refractivity contribution in [3.8, 4) is 0 Å². The molecule has 4 aliphatic heterocycles. The number of carbonyl (C=O) groups excluding carboxylic acids is 3. The number of rotatable bonds is 6. The van der Waals surface area contributed by atoms with Crippen molar-refractivity contribution in [3.05, 3.63) is 24.3 Å². The first-order valence-electron chi connectivity index (χ1n) is 12.0. The molecule has 182 valence electrons. The first-order valence-corrected chi connectivity index (χ1v) is 12.0. The highest BCUT2D eigenvalue weighted by Gasteiger charge is 2.74. The molecule has 4 heterocycles. The Balaban J connectivity index is 1.76.